The first-order valence-electron chi connectivity index (χ1n) is 5.32. The van der Waals surface area contributed by atoms with Crippen molar-refractivity contribution >= 4 is 11.6 Å². The lowest BCUT2D eigenvalue weighted by atomic mass is 10.2. The van der Waals surface area contributed by atoms with Gasteiger partial charge in [0, 0.05) is 20.0 Å². The maximum Gasteiger partial charge on any atom is 0.389 e. The number of rotatable bonds is 6. The van der Waals surface area contributed by atoms with Gasteiger partial charge in [0.15, 0.2) is 0 Å². The fourth-order valence-electron chi connectivity index (χ4n) is 1.24. The van der Waals surface area contributed by atoms with Gasteiger partial charge in [-0.05, 0) is 12.8 Å². The highest BCUT2D eigenvalue weighted by Crippen LogP contribution is 2.22. The highest BCUT2D eigenvalue weighted by molar-refractivity contribution is 5.40. The number of anilines is 2. The molecule has 0 fully saturated rings. The van der Waals surface area contributed by atoms with E-state index in [1.54, 1.807) is 13.2 Å². The van der Waals surface area contributed by atoms with E-state index < -0.39 is 12.6 Å². The molecule has 7 heteroatoms. The van der Waals surface area contributed by atoms with Crippen LogP contribution in [0.4, 0.5) is 24.8 Å². The Morgan fingerprint density at radius 1 is 1.18 bits per heavy atom. The first-order valence-corrected chi connectivity index (χ1v) is 5.32. The monoisotopic (exact) mass is 248 g/mol. The van der Waals surface area contributed by atoms with Gasteiger partial charge in [-0.1, -0.05) is 0 Å². The van der Waals surface area contributed by atoms with Gasteiger partial charge in [0.1, 0.15) is 11.6 Å². The van der Waals surface area contributed by atoms with E-state index in [1.165, 1.54) is 6.20 Å². The second kappa shape index (κ2) is 6.27. The molecule has 0 aliphatic rings. The minimum atomic E-state index is -4.06. The lowest BCUT2D eigenvalue weighted by Gasteiger charge is -2.08. The first kappa shape index (κ1) is 13.5. The zero-order chi connectivity index (χ0) is 12.7. The Kier molecular flexibility index (Phi) is 4.99. The number of aromatic nitrogens is 2. The van der Waals surface area contributed by atoms with Crippen molar-refractivity contribution in [2.24, 2.45) is 0 Å². The zero-order valence-corrected chi connectivity index (χ0v) is 9.51. The van der Waals surface area contributed by atoms with Gasteiger partial charge in [0.05, 0.1) is 12.4 Å². The van der Waals surface area contributed by atoms with Crippen LogP contribution in [0.1, 0.15) is 19.3 Å². The lowest BCUT2D eigenvalue weighted by molar-refractivity contribution is -0.135. The second-order valence-corrected chi connectivity index (χ2v) is 3.54. The SMILES string of the molecule is CNc1cncc(NCCCCC(F)(F)F)n1. The lowest BCUT2D eigenvalue weighted by Crippen LogP contribution is -2.09. The van der Waals surface area contributed by atoms with Gasteiger partial charge in [0.25, 0.3) is 0 Å². The van der Waals surface area contributed by atoms with Crippen molar-refractivity contribution in [3.8, 4) is 0 Å². The van der Waals surface area contributed by atoms with Crippen LogP contribution in [-0.2, 0) is 0 Å². The third kappa shape index (κ3) is 5.94. The van der Waals surface area contributed by atoms with Crippen molar-refractivity contribution in [3.63, 3.8) is 0 Å². The molecule has 4 nitrogen and oxygen atoms in total. The number of alkyl halides is 3. The van der Waals surface area contributed by atoms with Gasteiger partial charge in [-0.15, -0.1) is 0 Å². The number of halogens is 3. The fourth-order valence-corrected chi connectivity index (χ4v) is 1.24. The van der Waals surface area contributed by atoms with Gasteiger partial charge >= 0.3 is 6.18 Å². The molecule has 0 saturated carbocycles. The van der Waals surface area contributed by atoms with Crippen molar-refractivity contribution in [3.05, 3.63) is 12.4 Å². The van der Waals surface area contributed by atoms with Gasteiger partial charge in [0.2, 0.25) is 0 Å². The molecule has 0 unspecified atom stereocenters. The van der Waals surface area contributed by atoms with E-state index in [1.807, 2.05) is 0 Å². The van der Waals surface area contributed by atoms with E-state index in [9.17, 15) is 13.2 Å². The quantitative estimate of drug-likeness (QED) is 0.760. The summed E-state index contributed by atoms with van der Waals surface area (Å²) in [6, 6.07) is 0. The summed E-state index contributed by atoms with van der Waals surface area (Å²) in [7, 11) is 1.72. The highest BCUT2D eigenvalue weighted by atomic mass is 19.4. The van der Waals surface area contributed by atoms with E-state index in [0.29, 0.717) is 24.6 Å². The number of hydrogen-bond acceptors (Lipinski definition) is 4. The third-order valence-electron chi connectivity index (χ3n) is 2.08. The summed E-state index contributed by atoms with van der Waals surface area (Å²) >= 11 is 0. The van der Waals surface area contributed by atoms with Crippen molar-refractivity contribution in [2.75, 3.05) is 24.2 Å². The average Bonchev–Trinajstić information content (AvgIpc) is 2.27. The van der Waals surface area contributed by atoms with Gasteiger partial charge in [-0.3, -0.25) is 4.98 Å². The fraction of sp³-hybridized carbons (Fsp3) is 0.600. The minimum Gasteiger partial charge on any atom is -0.372 e. The number of nitrogens with zero attached hydrogens (tertiary/aromatic N) is 2. The standard InChI is InChI=1S/C10H15F3N4/c1-14-8-6-15-7-9(17-8)16-5-3-2-4-10(11,12)13/h6-7H,2-5H2,1H3,(H2,14,16,17). The number of nitrogens with one attached hydrogen (secondary N) is 2. The van der Waals surface area contributed by atoms with Crippen LogP contribution in [0.5, 0.6) is 0 Å². The van der Waals surface area contributed by atoms with E-state index >= 15 is 0 Å². The molecule has 1 heterocycles. The normalized spacial score (nSPS) is 11.3. The van der Waals surface area contributed by atoms with E-state index in [0.717, 1.165) is 0 Å². The first-order chi connectivity index (χ1) is 8.01. The molecule has 0 aromatic carbocycles. The predicted molar refractivity (Wildman–Crippen MR) is 60.0 cm³/mol. The Balaban J connectivity index is 2.22. The average molecular weight is 248 g/mol. The Morgan fingerprint density at radius 3 is 2.53 bits per heavy atom. The van der Waals surface area contributed by atoms with E-state index in [2.05, 4.69) is 20.6 Å². The van der Waals surface area contributed by atoms with Crippen molar-refractivity contribution in [1.29, 1.82) is 0 Å². The summed E-state index contributed by atoms with van der Waals surface area (Å²) in [5.74, 6) is 1.18. The molecule has 0 saturated heterocycles. The molecule has 0 aliphatic heterocycles. The summed E-state index contributed by atoms with van der Waals surface area (Å²) < 4.78 is 35.6. The molecule has 0 radical (unpaired) electrons. The van der Waals surface area contributed by atoms with Crippen LogP contribution in [0.25, 0.3) is 0 Å². The van der Waals surface area contributed by atoms with Crippen LogP contribution in [0, 0.1) is 0 Å². The Bertz CT molecular complexity index is 341. The minimum absolute atomic E-state index is 0.121. The molecular formula is C10H15F3N4. The molecule has 1 aromatic heterocycles. The topological polar surface area (TPSA) is 49.8 Å². The van der Waals surface area contributed by atoms with E-state index in [4.69, 9.17) is 0 Å². The molecule has 17 heavy (non-hydrogen) atoms. The highest BCUT2D eigenvalue weighted by Gasteiger charge is 2.25. The van der Waals surface area contributed by atoms with Crippen molar-refractivity contribution in [2.45, 2.75) is 25.4 Å². The smallest absolute Gasteiger partial charge is 0.372 e. The van der Waals surface area contributed by atoms with Crippen molar-refractivity contribution < 1.29 is 13.2 Å². The second-order valence-electron chi connectivity index (χ2n) is 3.54. The van der Waals surface area contributed by atoms with Crippen LogP contribution in [0.3, 0.4) is 0 Å². The van der Waals surface area contributed by atoms with Crippen LogP contribution in [-0.4, -0.2) is 29.7 Å². The van der Waals surface area contributed by atoms with Crippen LogP contribution >= 0.6 is 0 Å². The molecule has 2 N–H and O–H groups in total. The van der Waals surface area contributed by atoms with Crippen LogP contribution in [0.2, 0.25) is 0 Å². The maximum absolute atomic E-state index is 11.9. The number of unbranched alkanes of at least 4 members (excludes halogenated alkanes) is 1. The Hall–Kier alpha value is -1.53. The summed E-state index contributed by atoms with van der Waals surface area (Å²) in [5.41, 5.74) is 0. The number of hydrogen-bond donors (Lipinski definition) is 2. The van der Waals surface area contributed by atoms with Gasteiger partial charge in [-0.2, -0.15) is 13.2 Å². The molecule has 96 valence electrons. The molecule has 0 amide bonds. The van der Waals surface area contributed by atoms with Gasteiger partial charge in [-0.25, -0.2) is 4.98 Å². The van der Waals surface area contributed by atoms with Crippen molar-refractivity contribution in [1.82, 2.24) is 9.97 Å². The summed E-state index contributed by atoms with van der Waals surface area (Å²) in [4.78, 5) is 8.06. The molecule has 0 spiro atoms. The third-order valence-corrected chi connectivity index (χ3v) is 2.08. The summed E-state index contributed by atoms with van der Waals surface area (Å²) in [6.45, 7) is 0.456. The molecule has 0 atom stereocenters. The summed E-state index contributed by atoms with van der Waals surface area (Å²) in [6.07, 6.45) is -1.14. The molecule has 0 bridgehead atoms. The summed E-state index contributed by atoms with van der Waals surface area (Å²) in [5, 5.41) is 5.75. The van der Waals surface area contributed by atoms with Crippen LogP contribution < -0.4 is 10.6 Å². The molecule has 1 rings (SSSR count). The maximum atomic E-state index is 11.9. The molecule has 0 aliphatic carbocycles. The Labute approximate surface area is 97.7 Å². The molecular weight excluding hydrogens is 233 g/mol. The molecule has 1 aromatic rings. The van der Waals surface area contributed by atoms with Crippen LogP contribution in [0.15, 0.2) is 12.4 Å². The predicted octanol–water partition coefficient (Wildman–Crippen LogP) is 2.66. The van der Waals surface area contributed by atoms with E-state index in [-0.39, 0.29) is 6.42 Å². The zero-order valence-electron chi connectivity index (χ0n) is 9.51. The Morgan fingerprint density at radius 2 is 1.88 bits per heavy atom. The largest absolute Gasteiger partial charge is 0.389 e. The van der Waals surface area contributed by atoms with Gasteiger partial charge < -0.3 is 10.6 Å².